The predicted octanol–water partition coefficient (Wildman–Crippen LogP) is -0.228. The topological polar surface area (TPSA) is 84.0 Å². The number of unbranched alkanes of at least 4 members (excludes halogenated alkanes) is 1. The molecule has 0 aromatic carbocycles. The first-order valence-electron chi connectivity index (χ1n) is 6.12. The Morgan fingerprint density at radius 1 is 0.947 bits per heavy atom. The van der Waals surface area contributed by atoms with Crippen molar-refractivity contribution < 1.29 is 24.0 Å². The normalized spacial score (nSPS) is 19.2. The van der Waals surface area contributed by atoms with E-state index in [1.165, 1.54) is 12.2 Å². The zero-order valence-electron chi connectivity index (χ0n) is 10.3. The first kappa shape index (κ1) is 13.4. The fourth-order valence-electron chi connectivity index (χ4n) is 1.88. The summed E-state index contributed by atoms with van der Waals surface area (Å²) in [4.78, 5) is 51.1. The highest BCUT2D eigenvalue weighted by atomic mass is 16.7. The fourth-order valence-corrected chi connectivity index (χ4v) is 1.88. The van der Waals surface area contributed by atoms with Crippen molar-refractivity contribution in [2.45, 2.75) is 25.7 Å². The van der Waals surface area contributed by atoms with Gasteiger partial charge in [-0.3, -0.25) is 28.9 Å². The third kappa shape index (κ3) is 3.05. The molecule has 1 fully saturated rings. The molecule has 0 atom stereocenters. The van der Waals surface area contributed by atoms with Crippen LogP contribution in [0.5, 0.6) is 0 Å². The average molecular weight is 266 g/mol. The van der Waals surface area contributed by atoms with Gasteiger partial charge >= 0.3 is 0 Å². The molecule has 0 N–H and O–H groups in total. The second-order valence-corrected chi connectivity index (χ2v) is 4.28. The first-order chi connectivity index (χ1) is 9.09. The summed E-state index contributed by atoms with van der Waals surface area (Å²) >= 11 is 0. The summed E-state index contributed by atoms with van der Waals surface area (Å²) in [6.07, 6.45) is 3.98. The highest BCUT2D eigenvalue weighted by Gasteiger charge is 2.30. The smallest absolute Gasteiger partial charge is 0.253 e. The summed E-state index contributed by atoms with van der Waals surface area (Å²) in [5, 5.41) is 0.799. The molecule has 102 valence electrons. The lowest BCUT2D eigenvalue weighted by Gasteiger charge is -2.15. The van der Waals surface area contributed by atoms with Crippen LogP contribution in [0.25, 0.3) is 0 Å². The number of hydrogen-bond acceptors (Lipinski definition) is 5. The van der Waals surface area contributed by atoms with Crippen LogP contribution in [0.15, 0.2) is 12.2 Å². The van der Waals surface area contributed by atoms with Gasteiger partial charge in [0.2, 0.25) is 0 Å². The van der Waals surface area contributed by atoms with E-state index in [2.05, 4.69) is 0 Å². The molecule has 0 saturated carbocycles. The van der Waals surface area contributed by atoms with E-state index in [0.717, 1.165) is 9.96 Å². The molecule has 0 aromatic rings. The van der Waals surface area contributed by atoms with Gasteiger partial charge in [-0.15, -0.1) is 0 Å². The monoisotopic (exact) mass is 266 g/mol. The molecule has 0 aliphatic carbocycles. The molecule has 2 rings (SSSR count). The van der Waals surface area contributed by atoms with Crippen LogP contribution in [0, 0.1) is 0 Å². The van der Waals surface area contributed by atoms with Gasteiger partial charge in [0.1, 0.15) is 0 Å². The number of hydroxylamine groups is 2. The van der Waals surface area contributed by atoms with Gasteiger partial charge in [0.25, 0.3) is 23.6 Å². The number of nitrogens with zero attached hydrogens (tertiary/aromatic N) is 2. The standard InChI is InChI=1S/C12H14N2O5/c15-9-3-4-10(16)13(9)7-1-2-8-19-14-11(17)5-6-12(14)18/h3-4H,1-2,5-8H2. The molecule has 0 bridgehead atoms. The van der Waals surface area contributed by atoms with Crippen molar-refractivity contribution >= 4 is 23.6 Å². The van der Waals surface area contributed by atoms with Gasteiger partial charge in [-0.2, -0.15) is 5.06 Å². The minimum absolute atomic E-state index is 0.196. The minimum Gasteiger partial charge on any atom is -0.275 e. The van der Waals surface area contributed by atoms with Gasteiger partial charge in [0.05, 0.1) is 6.61 Å². The molecule has 19 heavy (non-hydrogen) atoms. The van der Waals surface area contributed by atoms with Crippen LogP contribution in [0.1, 0.15) is 25.7 Å². The summed E-state index contributed by atoms with van der Waals surface area (Å²) in [7, 11) is 0. The number of carbonyl (C=O) groups excluding carboxylic acids is 4. The molecular formula is C12H14N2O5. The van der Waals surface area contributed by atoms with Crippen molar-refractivity contribution in [1.82, 2.24) is 9.96 Å². The van der Waals surface area contributed by atoms with E-state index in [-0.39, 0.29) is 43.1 Å². The number of carbonyl (C=O) groups is 4. The Balaban J connectivity index is 1.62. The molecule has 7 heteroatoms. The zero-order valence-corrected chi connectivity index (χ0v) is 10.3. The molecule has 0 radical (unpaired) electrons. The third-order valence-corrected chi connectivity index (χ3v) is 2.90. The van der Waals surface area contributed by atoms with Crippen LogP contribution in [0.2, 0.25) is 0 Å². The zero-order chi connectivity index (χ0) is 13.8. The molecule has 2 aliphatic heterocycles. The van der Waals surface area contributed by atoms with Crippen molar-refractivity contribution in [2.24, 2.45) is 0 Å². The number of hydrogen-bond donors (Lipinski definition) is 0. The molecule has 2 heterocycles. The predicted molar refractivity (Wildman–Crippen MR) is 62.1 cm³/mol. The summed E-state index contributed by atoms with van der Waals surface area (Å²) in [6, 6.07) is 0. The Morgan fingerprint density at radius 3 is 2.11 bits per heavy atom. The van der Waals surface area contributed by atoms with Crippen LogP contribution in [-0.4, -0.2) is 46.7 Å². The maximum atomic E-state index is 11.2. The Kier molecular flexibility index (Phi) is 4.06. The highest BCUT2D eigenvalue weighted by molar-refractivity contribution is 6.12. The summed E-state index contributed by atoms with van der Waals surface area (Å²) in [5.74, 6) is -1.26. The van der Waals surface area contributed by atoms with Crippen molar-refractivity contribution in [1.29, 1.82) is 0 Å². The Labute approximate surface area is 109 Å². The highest BCUT2D eigenvalue weighted by Crippen LogP contribution is 2.12. The lowest BCUT2D eigenvalue weighted by Crippen LogP contribution is -2.32. The van der Waals surface area contributed by atoms with E-state index in [1.807, 2.05) is 0 Å². The minimum atomic E-state index is -0.320. The SMILES string of the molecule is O=C1C=CC(=O)N1CCCCON1C(=O)CCC1=O. The summed E-state index contributed by atoms with van der Waals surface area (Å²) in [5.41, 5.74) is 0. The van der Waals surface area contributed by atoms with Crippen molar-refractivity contribution in [3.05, 3.63) is 12.2 Å². The summed E-state index contributed by atoms with van der Waals surface area (Å²) < 4.78 is 0. The van der Waals surface area contributed by atoms with E-state index in [9.17, 15) is 19.2 Å². The lowest BCUT2D eigenvalue weighted by atomic mass is 10.3. The Hall–Kier alpha value is -2.02. The molecular weight excluding hydrogens is 252 g/mol. The largest absolute Gasteiger partial charge is 0.275 e. The van der Waals surface area contributed by atoms with Crippen molar-refractivity contribution in [3.8, 4) is 0 Å². The van der Waals surface area contributed by atoms with E-state index in [0.29, 0.717) is 19.4 Å². The van der Waals surface area contributed by atoms with Crippen LogP contribution in [-0.2, 0) is 24.0 Å². The molecule has 7 nitrogen and oxygen atoms in total. The Morgan fingerprint density at radius 2 is 1.53 bits per heavy atom. The van der Waals surface area contributed by atoms with E-state index in [1.54, 1.807) is 0 Å². The van der Waals surface area contributed by atoms with Gasteiger partial charge < -0.3 is 0 Å². The van der Waals surface area contributed by atoms with Crippen LogP contribution in [0.3, 0.4) is 0 Å². The van der Waals surface area contributed by atoms with Gasteiger partial charge in [-0.05, 0) is 12.8 Å². The van der Waals surface area contributed by atoms with Gasteiger partial charge in [-0.25, -0.2) is 0 Å². The van der Waals surface area contributed by atoms with E-state index in [4.69, 9.17) is 4.84 Å². The number of imide groups is 2. The maximum absolute atomic E-state index is 11.2. The van der Waals surface area contributed by atoms with Crippen LogP contribution < -0.4 is 0 Å². The second-order valence-electron chi connectivity index (χ2n) is 4.28. The molecule has 2 aliphatic rings. The molecule has 0 aromatic heterocycles. The van der Waals surface area contributed by atoms with Crippen molar-refractivity contribution in [3.63, 3.8) is 0 Å². The van der Waals surface area contributed by atoms with Gasteiger partial charge in [0.15, 0.2) is 0 Å². The van der Waals surface area contributed by atoms with E-state index < -0.39 is 0 Å². The van der Waals surface area contributed by atoms with Crippen LogP contribution in [0.4, 0.5) is 0 Å². The lowest BCUT2D eigenvalue weighted by molar-refractivity contribution is -0.187. The molecule has 4 amide bonds. The quantitative estimate of drug-likeness (QED) is 0.490. The average Bonchev–Trinajstić information content (AvgIpc) is 2.86. The first-order valence-corrected chi connectivity index (χ1v) is 6.12. The number of rotatable bonds is 6. The van der Waals surface area contributed by atoms with Gasteiger partial charge in [0, 0.05) is 31.5 Å². The third-order valence-electron chi connectivity index (χ3n) is 2.90. The summed E-state index contributed by atoms with van der Waals surface area (Å²) in [6.45, 7) is 0.525. The van der Waals surface area contributed by atoms with Crippen LogP contribution >= 0.6 is 0 Å². The second kappa shape index (κ2) is 5.75. The van der Waals surface area contributed by atoms with E-state index >= 15 is 0 Å². The van der Waals surface area contributed by atoms with Crippen molar-refractivity contribution in [2.75, 3.05) is 13.2 Å². The molecule has 1 saturated heterocycles. The maximum Gasteiger partial charge on any atom is 0.253 e. The fraction of sp³-hybridized carbons (Fsp3) is 0.500. The number of amides is 4. The molecule has 0 unspecified atom stereocenters. The molecule has 0 spiro atoms. The van der Waals surface area contributed by atoms with Gasteiger partial charge in [-0.1, -0.05) is 0 Å². The Bertz CT molecular complexity index is 419.